The molecule has 1 aliphatic heterocycles. The van der Waals surface area contributed by atoms with Crippen LogP contribution >= 0.6 is 0 Å². The van der Waals surface area contributed by atoms with Crippen LogP contribution in [-0.2, 0) is 7.05 Å². The summed E-state index contributed by atoms with van der Waals surface area (Å²) < 4.78 is 1.75. The lowest BCUT2D eigenvalue weighted by Gasteiger charge is -2.38. The van der Waals surface area contributed by atoms with Gasteiger partial charge in [0.25, 0.3) is 5.56 Å². The number of aryl methyl sites for hydroxylation is 1. The topological polar surface area (TPSA) is 28.5 Å². The van der Waals surface area contributed by atoms with Crippen molar-refractivity contribution in [2.24, 2.45) is 7.05 Å². The smallest absolute Gasteiger partial charge is 0.258 e. The molecule has 1 fully saturated rings. The van der Waals surface area contributed by atoms with Crippen LogP contribution in [-0.4, -0.2) is 41.7 Å². The van der Waals surface area contributed by atoms with E-state index in [1.54, 1.807) is 4.57 Å². The number of pyridine rings is 1. The molecule has 1 aliphatic rings. The molecule has 1 aromatic heterocycles. The van der Waals surface area contributed by atoms with Gasteiger partial charge < -0.3 is 9.47 Å². The zero-order valence-corrected chi connectivity index (χ0v) is 19.7. The molecule has 0 N–H and O–H groups in total. The van der Waals surface area contributed by atoms with Crippen LogP contribution < -0.4 is 10.5 Å². The molecule has 33 heavy (non-hydrogen) atoms. The number of anilines is 1. The number of rotatable bonds is 4. The van der Waals surface area contributed by atoms with E-state index in [0.29, 0.717) is 6.04 Å². The zero-order valence-electron chi connectivity index (χ0n) is 19.7. The van der Waals surface area contributed by atoms with Gasteiger partial charge in [0.15, 0.2) is 0 Å². The molecule has 3 aromatic carbocycles. The van der Waals surface area contributed by atoms with E-state index in [2.05, 4.69) is 66.1 Å². The Hall–Kier alpha value is -3.37. The number of piperazine rings is 1. The van der Waals surface area contributed by atoms with Gasteiger partial charge in [0.2, 0.25) is 0 Å². The van der Waals surface area contributed by atoms with Crippen LogP contribution in [0, 0.1) is 0 Å². The Kier molecular flexibility index (Phi) is 5.77. The van der Waals surface area contributed by atoms with E-state index in [4.69, 9.17) is 0 Å². The molecule has 168 valence electrons. The van der Waals surface area contributed by atoms with E-state index >= 15 is 0 Å². The van der Waals surface area contributed by atoms with Crippen LogP contribution in [0.15, 0.2) is 83.7 Å². The molecule has 5 rings (SSSR count). The standard InChI is InChI=1S/C29H31N3O/c1-21(2)31-15-17-32(18-16-31)26-12-9-22(10-13-26)24-11-14-28-25(19-24)20-27(29(33)30(28)3)23-7-5-4-6-8-23/h4-14,19-21H,15-18H2,1-3H3. The van der Waals surface area contributed by atoms with Crippen molar-refractivity contribution < 1.29 is 0 Å². The van der Waals surface area contributed by atoms with Crippen LogP contribution in [0.4, 0.5) is 5.69 Å². The highest BCUT2D eigenvalue weighted by molar-refractivity contribution is 5.88. The van der Waals surface area contributed by atoms with Gasteiger partial charge in [0, 0.05) is 50.5 Å². The van der Waals surface area contributed by atoms with Crippen molar-refractivity contribution in [1.29, 1.82) is 0 Å². The summed E-state index contributed by atoms with van der Waals surface area (Å²) in [5, 5.41) is 1.07. The van der Waals surface area contributed by atoms with Crippen LogP contribution in [0.1, 0.15) is 13.8 Å². The maximum atomic E-state index is 12.9. The summed E-state index contributed by atoms with van der Waals surface area (Å²) in [7, 11) is 1.85. The predicted octanol–water partition coefficient (Wildman–Crippen LogP) is 5.40. The summed E-state index contributed by atoms with van der Waals surface area (Å²) in [4.78, 5) is 18.0. The van der Waals surface area contributed by atoms with Crippen LogP contribution in [0.3, 0.4) is 0 Å². The molecule has 0 saturated carbocycles. The Bertz CT molecular complexity index is 1320. The van der Waals surface area contributed by atoms with E-state index in [0.717, 1.165) is 53.8 Å². The maximum absolute atomic E-state index is 12.9. The van der Waals surface area contributed by atoms with Crippen molar-refractivity contribution in [3.63, 3.8) is 0 Å². The number of fused-ring (bicyclic) bond motifs is 1. The van der Waals surface area contributed by atoms with Gasteiger partial charge in [0.1, 0.15) is 0 Å². The van der Waals surface area contributed by atoms with Crippen molar-refractivity contribution in [1.82, 2.24) is 9.47 Å². The van der Waals surface area contributed by atoms with E-state index in [-0.39, 0.29) is 5.56 Å². The molecule has 0 spiro atoms. The highest BCUT2D eigenvalue weighted by atomic mass is 16.1. The van der Waals surface area contributed by atoms with Gasteiger partial charge in [-0.1, -0.05) is 48.5 Å². The number of nitrogens with zero attached hydrogens (tertiary/aromatic N) is 3. The molecular formula is C29H31N3O. The van der Waals surface area contributed by atoms with Gasteiger partial charge >= 0.3 is 0 Å². The number of benzene rings is 3. The minimum Gasteiger partial charge on any atom is -0.369 e. The van der Waals surface area contributed by atoms with E-state index < -0.39 is 0 Å². The largest absolute Gasteiger partial charge is 0.369 e. The molecule has 4 nitrogen and oxygen atoms in total. The Morgan fingerprint density at radius 2 is 1.39 bits per heavy atom. The molecule has 0 aliphatic carbocycles. The van der Waals surface area contributed by atoms with Crippen LogP contribution in [0.25, 0.3) is 33.2 Å². The fourth-order valence-electron chi connectivity index (χ4n) is 4.85. The minimum atomic E-state index is 0.0309. The van der Waals surface area contributed by atoms with Crippen molar-refractivity contribution in [2.75, 3.05) is 31.1 Å². The Morgan fingerprint density at radius 1 is 0.727 bits per heavy atom. The Morgan fingerprint density at radius 3 is 2.06 bits per heavy atom. The third-order valence-electron chi connectivity index (χ3n) is 6.92. The van der Waals surface area contributed by atoms with Crippen molar-refractivity contribution in [2.45, 2.75) is 19.9 Å². The summed E-state index contributed by atoms with van der Waals surface area (Å²) in [5.74, 6) is 0. The zero-order chi connectivity index (χ0) is 22.9. The predicted molar refractivity (Wildman–Crippen MR) is 139 cm³/mol. The monoisotopic (exact) mass is 437 g/mol. The first-order valence-corrected chi connectivity index (χ1v) is 11.8. The third kappa shape index (κ3) is 4.19. The summed E-state index contributed by atoms with van der Waals surface area (Å²) in [6, 6.07) is 27.8. The highest BCUT2D eigenvalue weighted by Gasteiger charge is 2.19. The molecular weight excluding hydrogens is 406 g/mol. The average molecular weight is 438 g/mol. The summed E-state index contributed by atoms with van der Waals surface area (Å²) in [5.41, 5.74) is 6.31. The van der Waals surface area contributed by atoms with Gasteiger partial charge in [-0.3, -0.25) is 9.69 Å². The van der Waals surface area contributed by atoms with E-state index in [1.165, 1.54) is 11.3 Å². The molecule has 0 bridgehead atoms. The minimum absolute atomic E-state index is 0.0309. The first-order valence-electron chi connectivity index (χ1n) is 11.8. The lowest BCUT2D eigenvalue weighted by atomic mass is 10.00. The second-order valence-corrected chi connectivity index (χ2v) is 9.23. The number of hydrogen-bond donors (Lipinski definition) is 0. The molecule has 0 radical (unpaired) electrons. The maximum Gasteiger partial charge on any atom is 0.258 e. The first kappa shape index (κ1) is 21.5. The Labute approximate surface area is 195 Å². The fourth-order valence-corrected chi connectivity index (χ4v) is 4.85. The molecule has 0 amide bonds. The molecule has 2 heterocycles. The quantitative estimate of drug-likeness (QED) is 0.428. The third-order valence-corrected chi connectivity index (χ3v) is 6.92. The van der Waals surface area contributed by atoms with E-state index in [1.807, 2.05) is 43.4 Å². The fraction of sp³-hybridized carbons (Fsp3) is 0.276. The second kappa shape index (κ2) is 8.87. The van der Waals surface area contributed by atoms with E-state index in [9.17, 15) is 4.79 Å². The van der Waals surface area contributed by atoms with Crippen molar-refractivity contribution in [3.8, 4) is 22.3 Å². The summed E-state index contributed by atoms with van der Waals surface area (Å²) >= 11 is 0. The average Bonchev–Trinajstić information content (AvgIpc) is 2.86. The van der Waals surface area contributed by atoms with Crippen LogP contribution in [0.5, 0.6) is 0 Å². The number of aromatic nitrogens is 1. The lowest BCUT2D eigenvalue weighted by Crippen LogP contribution is -2.48. The van der Waals surface area contributed by atoms with Gasteiger partial charge in [-0.2, -0.15) is 0 Å². The molecule has 1 saturated heterocycles. The first-order chi connectivity index (χ1) is 16.0. The SMILES string of the molecule is CC(C)N1CCN(c2ccc(-c3ccc4c(c3)cc(-c3ccccc3)c(=O)n4C)cc2)CC1. The van der Waals surface area contributed by atoms with Crippen LogP contribution in [0.2, 0.25) is 0 Å². The van der Waals surface area contributed by atoms with Gasteiger partial charge in [-0.15, -0.1) is 0 Å². The lowest BCUT2D eigenvalue weighted by molar-refractivity contribution is 0.209. The molecule has 0 atom stereocenters. The molecule has 4 heteroatoms. The van der Waals surface area contributed by atoms with Gasteiger partial charge in [-0.05, 0) is 66.3 Å². The van der Waals surface area contributed by atoms with Gasteiger partial charge in [-0.25, -0.2) is 0 Å². The Balaban J connectivity index is 1.44. The summed E-state index contributed by atoms with van der Waals surface area (Å²) in [6.45, 7) is 8.93. The molecule has 4 aromatic rings. The molecule has 0 unspecified atom stereocenters. The van der Waals surface area contributed by atoms with Crippen molar-refractivity contribution in [3.05, 3.63) is 89.2 Å². The highest BCUT2D eigenvalue weighted by Crippen LogP contribution is 2.28. The summed E-state index contributed by atoms with van der Waals surface area (Å²) in [6.07, 6.45) is 0. The van der Waals surface area contributed by atoms with Crippen molar-refractivity contribution >= 4 is 16.6 Å². The normalized spacial score (nSPS) is 14.8. The second-order valence-electron chi connectivity index (χ2n) is 9.23. The number of hydrogen-bond acceptors (Lipinski definition) is 3. The van der Waals surface area contributed by atoms with Gasteiger partial charge in [0.05, 0.1) is 5.52 Å².